The molecule has 1 aromatic heterocycles. The molecule has 2 saturated heterocycles. The average Bonchev–Trinajstić information content (AvgIpc) is 4.13. The summed E-state index contributed by atoms with van der Waals surface area (Å²) in [6.07, 6.45) is 8.09. The molecule has 0 aliphatic carbocycles. The van der Waals surface area contributed by atoms with Crippen LogP contribution >= 0.6 is 23.7 Å². The summed E-state index contributed by atoms with van der Waals surface area (Å²) in [4.78, 5) is 108. The number of thioether (sulfide) groups is 1. The summed E-state index contributed by atoms with van der Waals surface area (Å²) < 4.78 is 15.8. The third kappa shape index (κ3) is 25.4. The number of aromatic nitrogens is 3. The van der Waals surface area contributed by atoms with Gasteiger partial charge >= 0.3 is 5.97 Å². The Morgan fingerprint density at radius 1 is 1.01 bits per heavy atom. The number of carboxylic acid groups (broad SMARTS) is 1. The lowest BCUT2D eigenvalue weighted by Gasteiger charge is -2.39. The van der Waals surface area contributed by atoms with Crippen LogP contribution in [0.15, 0.2) is 41.5 Å². The zero-order valence-corrected chi connectivity index (χ0v) is 49.8. The summed E-state index contributed by atoms with van der Waals surface area (Å²) in [5.74, 6) is -1.95. The van der Waals surface area contributed by atoms with Crippen molar-refractivity contribution in [3.8, 4) is 0 Å². The molecule has 2 aliphatic heterocycles. The Kier molecular flexibility index (Phi) is 35.1. The number of methoxy groups -OCH3 is 2. The van der Waals surface area contributed by atoms with Crippen molar-refractivity contribution in [1.29, 1.82) is 0 Å². The standard InChI is InChI=1S/C25H31N7O7S2.C22H42N4O4.C3H9N.C3H8/c1-16(34)27-20(25(38)39)14-40-21-11-22(35)32(24(21)37)13-18-12-31(30-28-18)8-5-9-41-29-23(36)19(26-15-33)10-17-6-3-2-4-7-17;1-8-16(4)21(25(5)20(28)13-24-14-23)18(29-6)12-19(27)26-11-9-10-17(26)22(30-7)15(2)3;1-4(2)3;1-3-2/h2-4,6-7,12,15,19-21H,5,8-11,13-14H2,1H3,(H,26,33)(H,27,34)(H,29,36)(H,38,39);14-18,21-22H,8-13H2,1-7H3,(H2,23,24);1-3H3;3H2,1-2H3/t19-,20?,21?;;;/m0.../s1. The molecule has 23 nitrogen and oxygen atoms in total. The van der Waals surface area contributed by atoms with E-state index in [0.717, 1.165) is 54.4 Å². The Morgan fingerprint density at radius 3 is 2.22 bits per heavy atom. The zero-order chi connectivity index (χ0) is 58.9. The van der Waals surface area contributed by atoms with Crippen molar-refractivity contribution in [2.45, 2.75) is 155 Å². The molecule has 0 bridgehead atoms. The predicted octanol–water partition coefficient (Wildman–Crippen LogP) is 3.25. The van der Waals surface area contributed by atoms with E-state index >= 15 is 0 Å². The molecule has 2 aliphatic rings. The number of imide groups is 1. The molecule has 78 heavy (non-hydrogen) atoms. The van der Waals surface area contributed by atoms with Gasteiger partial charge in [-0.05, 0) is 57.8 Å². The molecule has 7 unspecified atom stereocenters. The monoisotopic (exact) mass is 1130 g/mol. The van der Waals surface area contributed by atoms with E-state index in [9.17, 15) is 43.5 Å². The number of carboxylic acids is 1. The highest BCUT2D eigenvalue weighted by Gasteiger charge is 2.41. The molecule has 440 valence electrons. The maximum Gasteiger partial charge on any atom is 0.327 e. The lowest BCUT2D eigenvalue weighted by Crippen LogP contribution is -2.52. The molecular weight excluding hydrogens is 1040 g/mol. The van der Waals surface area contributed by atoms with Crippen molar-refractivity contribution in [1.82, 2.24) is 49.9 Å². The minimum Gasteiger partial charge on any atom is -0.480 e. The number of aryl methyl sites for hydroxylation is 1. The number of carbonyl (C=O) groups excluding carboxylic acids is 7. The van der Waals surface area contributed by atoms with Gasteiger partial charge in [0.1, 0.15) is 24.3 Å². The van der Waals surface area contributed by atoms with Crippen LogP contribution in [0.25, 0.3) is 0 Å². The van der Waals surface area contributed by atoms with E-state index in [1.807, 2.05) is 61.3 Å². The van der Waals surface area contributed by atoms with Crippen LogP contribution in [-0.4, -0.2) is 202 Å². The van der Waals surface area contributed by atoms with Crippen molar-refractivity contribution in [3.05, 3.63) is 47.8 Å². The number of likely N-dealkylation sites (tertiary alicyclic amines) is 2. The Balaban J connectivity index is 0.000000723. The molecule has 4 rings (SSSR count). The molecule has 6 N–H and O–H groups in total. The fourth-order valence-electron chi connectivity index (χ4n) is 8.51. The van der Waals surface area contributed by atoms with Crippen molar-refractivity contribution >= 4 is 77.9 Å². The fourth-order valence-corrected chi connectivity index (χ4v) is 10.4. The molecule has 7 amide bonds. The van der Waals surface area contributed by atoms with Crippen LogP contribution in [0.5, 0.6) is 0 Å². The number of amides is 7. The van der Waals surface area contributed by atoms with E-state index in [1.165, 1.54) is 25.3 Å². The smallest absolute Gasteiger partial charge is 0.327 e. The second kappa shape index (κ2) is 38.9. The van der Waals surface area contributed by atoms with E-state index in [4.69, 9.17) is 15.2 Å². The number of ether oxygens (including phenoxy) is 2. The Labute approximate surface area is 470 Å². The molecular formula is C53H90N12O11S2. The van der Waals surface area contributed by atoms with E-state index in [1.54, 1.807) is 37.0 Å². The Morgan fingerprint density at radius 2 is 1.67 bits per heavy atom. The largest absolute Gasteiger partial charge is 0.480 e. The Bertz CT molecular complexity index is 2150. The first-order chi connectivity index (χ1) is 37.0. The zero-order valence-electron chi connectivity index (χ0n) is 48.2. The van der Waals surface area contributed by atoms with Gasteiger partial charge in [-0.1, -0.05) is 102 Å². The number of benzene rings is 1. The molecule has 2 aromatic rings. The lowest BCUT2D eigenvalue weighted by molar-refractivity contribution is -0.143. The highest BCUT2D eigenvalue weighted by atomic mass is 32.2. The summed E-state index contributed by atoms with van der Waals surface area (Å²) >= 11 is 2.23. The summed E-state index contributed by atoms with van der Waals surface area (Å²) in [7, 11) is 11.1. The van der Waals surface area contributed by atoms with Gasteiger partial charge < -0.3 is 45.6 Å². The highest BCUT2D eigenvalue weighted by Crippen LogP contribution is 2.30. The second-order valence-electron chi connectivity index (χ2n) is 19.7. The Hall–Kier alpha value is -5.63. The molecule has 0 spiro atoms. The van der Waals surface area contributed by atoms with E-state index in [0.29, 0.717) is 43.2 Å². The van der Waals surface area contributed by atoms with Crippen LogP contribution in [-0.2, 0) is 67.3 Å². The molecule has 8 atom stereocenters. The maximum absolute atomic E-state index is 13.3. The van der Waals surface area contributed by atoms with Crippen molar-refractivity contribution < 1.29 is 52.9 Å². The first-order valence-corrected chi connectivity index (χ1v) is 28.5. The van der Waals surface area contributed by atoms with Crippen LogP contribution < -0.4 is 21.1 Å². The van der Waals surface area contributed by atoms with E-state index in [2.05, 4.69) is 72.2 Å². The second-order valence-corrected chi connectivity index (χ2v) is 21.9. The van der Waals surface area contributed by atoms with E-state index < -0.39 is 47.1 Å². The third-order valence-corrected chi connectivity index (χ3v) is 14.4. The summed E-state index contributed by atoms with van der Waals surface area (Å²) in [6.45, 7) is 15.0. The van der Waals surface area contributed by atoms with Gasteiger partial charge in [-0.15, -0.1) is 16.9 Å². The van der Waals surface area contributed by atoms with Crippen molar-refractivity contribution in [2.24, 2.45) is 22.6 Å². The van der Waals surface area contributed by atoms with Crippen LogP contribution in [0.2, 0.25) is 0 Å². The van der Waals surface area contributed by atoms with Gasteiger partial charge in [-0.2, -0.15) is 0 Å². The predicted molar refractivity (Wildman–Crippen MR) is 305 cm³/mol. The number of hydrogen-bond donors (Lipinski definition) is 5. The molecule has 2 fully saturated rings. The van der Waals surface area contributed by atoms with Gasteiger partial charge in [0.2, 0.25) is 35.9 Å². The first-order valence-electron chi connectivity index (χ1n) is 26.5. The number of likely N-dealkylation sites (N-methyl/N-ethyl adjacent to an activating group) is 1. The lowest BCUT2D eigenvalue weighted by atomic mass is 9.90. The van der Waals surface area contributed by atoms with E-state index in [-0.39, 0.29) is 73.5 Å². The quantitative estimate of drug-likeness (QED) is 0.0195. The number of nitrogens with zero attached hydrogens (tertiary/aromatic N) is 8. The van der Waals surface area contributed by atoms with Gasteiger partial charge in [0.05, 0.1) is 55.0 Å². The number of nitrogens with one attached hydrogen (secondary N) is 3. The first kappa shape index (κ1) is 70.4. The molecule has 0 radical (unpaired) electrons. The fraction of sp³-hybridized carbons (Fsp3) is 0.679. The average molecular weight is 1140 g/mol. The minimum absolute atomic E-state index is 0.0115. The third-order valence-electron chi connectivity index (χ3n) is 12.3. The van der Waals surface area contributed by atoms with Gasteiger partial charge in [0.25, 0.3) is 5.91 Å². The van der Waals surface area contributed by atoms with Crippen LogP contribution in [0, 0.1) is 11.8 Å². The molecule has 1 aromatic carbocycles. The number of carbonyl (C=O) groups is 8. The van der Waals surface area contributed by atoms with Crippen LogP contribution in [0.1, 0.15) is 105 Å². The highest BCUT2D eigenvalue weighted by molar-refractivity contribution is 8.00. The van der Waals surface area contributed by atoms with Gasteiger partial charge in [0, 0.05) is 65.6 Å². The number of rotatable bonds is 29. The van der Waals surface area contributed by atoms with Crippen molar-refractivity contribution in [2.75, 3.05) is 67.0 Å². The van der Waals surface area contributed by atoms with Crippen molar-refractivity contribution in [3.63, 3.8) is 0 Å². The van der Waals surface area contributed by atoms with Gasteiger partial charge in [0.15, 0.2) is 0 Å². The topological polar surface area (TPSA) is 293 Å². The normalized spacial score (nSPS) is 17.3. The molecule has 25 heteroatoms. The minimum atomic E-state index is -1.22. The number of aliphatic carboxylic acids is 1. The SMILES string of the molecule is CC(=O)NC(CSC1CC(=O)N(Cc2cn(CCCSNC(=O)[C@H](Cc3ccccc3)NC=O)nn2)C1=O)C(=O)O.CCC.CCC(C)C(C(CC(=O)N1CCCC1C(OC)C(C)C)OC)N(C)C(=O)CN=CN.CN(C)C. The molecule has 3 heterocycles. The van der Waals surface area contributed by atoms with Gasteiger partial charge in [-0.3, -0.25) is 52.9 Å². The summed E-state index contributed by atoms with van der Waals surface area (Å²) in [6, 6.07) is 7.37. The van der Waals surface area contributed by atoms with Crippen LogP contribution in [0.4, 0.5) is 0 Å². The summed E-state index contributed by atoms with van der Waals surface area (Å²) in [5, 5.41) is 21.4. The maximum atomic E-state index is 13.3. The number of hydrogen-bond acceptors (Lipinski definition) is 16. The molecule has 0 saturated carbocycles. The summed E-state index contributed by atoms with van der Waals surface area (Å²) in [5.41, 5.74) is 6.63. The van der Waals surface area contributed by atoms with Crippen LogP contribution in [0.3, 0.4) is 0 Å². The number of aliphatic imine (C=N–C) groups is 1. The number of nitrogens with two attached hydrogens (primary N) is 1. The van der Waals surface area contributed by atoms with Gasteiger partial charge in [-0.25, -0.2) is 4.79 Å².